The SMILES string of the molecule is C[C@@]12CC[C@@H]1C(=N\O)/C2=N/O. The zero-order valence-corrected chi connectivity index (χ0v) is 6.28. The molecule has 2 atom stereocenters. The molecule has 2 N–H and O–H groups in total. The molecule has 0 unspecified atom stereocenters. The summed E-state index contributed by atoms with van der Waals surface area (Å²) in [6, 6.07) is 0. The third-order valence-corrected chi connectivity index (χ3v) is 3.04. The Hall–Kier alpha value is -1.06. The van der Waals surface area contributed by atoms with Crippen molar-refractivity contribution >= 4 is 11.4 Å². The van der Waals surface area contributed by atoms with Crippen molar-refractivity contribution in [1.82, 2.24) is 0 Å². The maximum Gasteiger partial charge on any atom is 0.111 e. The molecule has 4 heteroatoms. The highest BCUT2D eigenvalue weighted by Gasteiger charge is 2.61. The molecule has 2 aliphatic rings. The molecule has 2 aliphatic carbocycles. The van der Waals surface area contributed by atoms with E-state index in [9.17, 15) is 0 Å². The first-order chi connectivity index (χ1) is 5.24. The van der Waals surface area contributed by atoms with Gasteiger partial charge in [-0.2, -0.15) is 0 Å². The molecule has 60 valence electrons. The summed E-state index contributed by atoms with van der Waals surface area (Å²) in [5.74, 6) is 0.332. The highest BCUT2D eigenvalue weighted by molar-refractivity contribution is 6.52. The second-order valence-electron chi connectivity index (χ2n) is 3.44. The number of fused-ring (bicyclic) bond motifs is 1. The Morgan fingerprint density at radius 1 is 1.45 bits per heavy atom. The van der Waals surface area contributed by atoms with E-state index >= 15 is 0 Å². The average molecular weight is 154 g/mol. The topological polar surface area (TPSA) is 65.2 Å². The zero-order valence-electron chi connectivity index (χ0n) is 6.28. The second kappa shape index (κ2) is 1.75. The Morgan fingerprint density at radius 2 is 2.18 bits per heavy atom. The van der Waals surface area contributed by atoms with Crippen LogP contribution in [0, 0.1) is 11.3 Å². The standard InChI is InChI=1S/C7H10N2O2/c1-7-3-2-4(7)5(8-10)6(7)9-11/h4,10-11H,2-3H2,1H3/b8-5+,9-6-/t4-,7-/m1/s1. The lowest BCUT2D eigenvalue weighted by atomic mass is 9.46. The molecular weight excluding hydrogens is 144 g/mol. The van der Waals surface area contributed by atoms with Gasteiger partial charge in [0.05, 0.1) is 0 Å². The van der Waals surface area contributed by atoms with Crippen LogP contribution in [0.5, 0.6) is 0 Å². The molecule has 0 aromatic rings. The summed E-state index contributed by atoms with van der Waals surface area (Å²) >= 11 is 0. The summed E-state index contributed by atoms with van der Waals surface area (Å²) in [7, 11) is 0. The summed E-state index contributed by atoms with van der Waals surface area (Å²) in [4.78, 5) is 0. The minimum Gasteiger partial charge on any atom is -0.411 e. The van der Waals surface area contributed by atoms with E-state index in [2.05, 4.69) is 10.3 Å². The predicted octanol–water partition coefficient (Wildman–Crippen LogP) is 1.08. The molecule has 0 saturated heterocycles. The molecular formula is C7H10N2O2. The van der Waals surface area contributed by atoms with Crippen LogP contribution in [0.2, 0.25) is 0 Å². The Kier molecular flexibility index (Phi) is 1.06. The van der Waals surface area contributed by atoms with Gasteiger partial charge in [-0.05, 0) is 12.8 Å². The van der Waals surface area contributed by atoms with Gasteiger partial charge >= 0.3 is 0 Å². The molecule has 0 amide bonds. The predicted molar refractivity (Wildman–Crippen MR) is 39.3 cm³/mol. The van der Waals surface area contributed by atoms with E-state index in [1.54, 1.807) is 0 Å². The molecule has 2 fully saturated rings. The first kappa shape index (κ1) is 6.64. The molecule has 0 bridgehead atoms. The molecule has 0 aliphatic heterocycles. The maximum atomic E-state index is 8.57. The van der Waals surface area contributed by atoms with Gasteiger partial charge in [0.25, 0.3) is 0 Å². The van der Waals surface area contributed by atoms with Crippen LogP contribution in [-0.4, -0.2) is 21.8 Å². The molecule has 0 aromatic carbocycles. The maximum absolute atomic E-state index is 8.57. The van der Waals surface area contributed by atoms with E-state index in [1.165, 1.54) is 0 Å². The molecule has 2 rings (SSSR count). The van der Waals surface area contributed by atoms with Crippen LogP contribution in [0.1, 0.15) is 19.8 Å². The Balaban J connectivity index is 2.33. The first-order valence-corrected chi connectivity index (χ1v) is 3.69. The van der Waals surface area contributed by atoms with Gasteiger partial charge in [-0.1, -0.05) is 17.2 Å². The van der Waals surface area contributed by atoms with Gasteiger partial charge in [-0.15, -0.1) is 0 Å². The van der Waals surface area contributed by atoms with Crippen molar-refractivity contribution in [2.75, 3.05) is 0 Å². The summed E-state index contributed by atoms with van der Waals surface area (Å²) in [6.07, 6.45) is 2.09. The van der Waals surface area contributed by atoms with E-state index in [4.69, 9.17) is 10.4 Å². The van der Waals surface area contributed by atoms with Gasteiger partial charge in [0.15, 0.2) is 0 Å². The lowest BCUT2D eigenvalue weighted by Crippen LogP contribution is -2.63. The monoisotopic (exact) mass is 154 g/mol. The minimum atomic E-state index is 0.0102. The van der Waals surface area contributed by atoms with Gasteiger partial charge in [-0.25, -0.2) is 0 Å². The summed E-state index contributed by atoms with van der Waals surface area (Å²) in [5.41, 5.74) is 1.15. The van der Waals surface area contributed by atoms with Gasteiger partial charge in [0.1, 0.15) is 11.4 Å². The van der Waals surface area contributed by atoms with E-state index in [1.807, 2.05) is 6.92 Å². The summed E-state index contributed by atoms with van der Waals surface area (Å²) < 4.78 is 0. The highest BCUT2D eigenvalue weighted by Crippen LogP contribution is 2.56. The summed E-state index contributed by atoms with van der Waals surface area (Å²) in [5, 5.41) is 23.3. The van der Waals surface area contributed by atoms with Gasteiger partial charge in [0, 0.05) is 11.3 Å². The average Bonchev–Trinajstić information content (AvgIpc) is 2.01. The van der Waals surface area contributed by atoms with Gasteiger partial charge in [0.2, 0.25) is 0 Å². The van der Waals surface area contributed by atoms with Crippen LogP contribution in [0.15, 0.2) is 10.3 Å². The van der Waals surface area contributed by atoms with Crippen LogP contribution >= 0.6 is 0 Å². The fourth-order valence-corrected chi connectivity index (χ4v) is 2.11. The van der Waals surface area contributed by atoms with Crippen molar-refractivity contribution < 1.29 is 10.4 Å². The van der Waals surface area contributed by atoms with Gasteiger partial charge in [-0.3, -0.25) is 0 Å². The number of nitrogens with zero attached hydrogens (tertiary/aromatic N) is 2. The fourth-order valence-electron chi connectivity index (χ4n) is 2.11. The number of hydrogen-bond donors (Lipinski definition) is 2. The van der Waals surface area contributed by atoms with E-state index in [-0.39, 0.29) is 5.41 Å². The van der Waals surface area contributed by atoms with Crippen LogP contribution in [-0.2, 0) is 0 Å². The minimum absolute atomic E-state index is 0.0102. The molecule has 0 aromatic heterocycles. The smallest absolute Gasteiger partial charge is 0.111 e. The van der Waals surface area contributed by atoms with Crippen molar-refractivity contribution in [2.24, 2.45) is 21.6 Å². The molecule has 0 heterocycles. The van der Waals surface area contributed by atoms with Crippen molar-refractivity contribution in [1.29, 1.82) is 0 Å². The van der Waals surface area contributed by atoms with E-state index < -0.39 is 0 Å². The normalized spacial score (nSPS) is 48.3. The molecule has 2 saturated carbocycles. The fraction of sp³-hybridized carbons (Fsp3) is 0.714. The van der Waals surface area contributed by atoms with Crippen LogP contribution < -0.4 is 0 Å². The third kappa shape index (κ3) is 0.514. The molecule has 0 radical (unpaired) electrons. The molecule has 0 spiro atoms. The summed E-state index contributed by atoms with van der Waals surface area (Å²) in [6.45, 7) is 2.03. The zero-order chi connectivity index (χ0) is 8.06. The van der Waals surface area contributed by atoms with Crippen molar-refractivity contribution in [2.45, 2.75) is 19.8 Å². The highest BCUT2D eigenvalue weighted by atomic mass is 16.4. The van der Waals surface area contributed by atoms with E-state index in [0.717, 1.165) is 12.8 Å². The lowest BCUT2D eigenvalue weighted by Gasteiger charge is -2.56. The van der Waals surface area contributed by atoms with Gasteiger partial charge < -0.3 is 10.4 Å². The van der Waals surface area contributed by atoms with Crippen LogP contribution in [0.3, 0.4) is 0 Å². The Morgan fingerprint density at radius 3 is 2.45 bits per heavy atom. The largest absolute Gasteiger partial charge is 0.411 e. The van der Waals surface area contributed by atoms with Crippen molar-refractivity contribution in [3.05, 3.63) is 0 Å². The molecule has 11 heavy (non-hydrogen) atoms. The van der Waals surface area contributed by atoms with E-state index in [0.29, 0.717) is 17.3 Å². The molecule has 4 nitrogen and oxygen atoms in total. The number of rotatable bonds is 0. The third-order valence-electron chi connectivity index (χ3n) is 3.04. The van der Waals surface area contributed by atoms with Crippen LogP contribution in [0.25, 0.3) is 0 Å². The Labute approximate surface area is 64.2 Å². The van der Waals surface area contributed by atoms with Crippen molar-refractivity contribution in [3.63, 3.8) is 0 Å². The number of oxime groups is 2. The first-order valence-electron chi connectivity index (χ1n) is 3.69. The lowest BCUT2D eigenvalue weighted by molar-refractivity contribution is 0.153. The Bertz CT molecular complexity index is 259. The van der Waals surface area contributed by atoms with Crippen LogP contribution in [0.4, 0.5) is 0 Å². The second-order valence-corrected chi connectivity index (χ2v) is 3.44. The quantitative estimate of drug-likeness (QED) is 0.405. The van der Waals surface area contributed by atoms with Crippen molar-refractivity contribution in [3.8, 4) is 0 Å². The number of hydrogen-bond acceptors (Lipinski definition) is 4.